The van der Waals surface area contributed by atoms with Crippen molar-refractivity contribution in [3.63, 3.8) is 0 Å². The van der Waals surface area contributed by atoms with E-state index in [1.807, 2.05) is 42.5 Å². The van der Waals surface area contributed by atoms with Crippen LogP contribution in [0.5, 0.6) is 5.75 Å². The first-order chi connectivity index (χ1) is 14.9. The van der Waals surface area contributed by atoms with Gasteiger partial charge in [-0.25, -0.2) is 0 Å². The maximum Gasteiger partial charge on any atom is 0.314 e. The van der Waals surface area contributed by atoms with Gasteiger partial charge in [0.2, 0.25) is 5.91 Å². The summed E-state index contributed by atoms with van der Waals surface area (Å²) in [6, 6.07) is 17.6. The van der Waals surface area contributed by atoms with Crippen molar-refractivity contribution >= 4 is 11.9 Å². The van der Waals surface area contributed by atoms with Crippen molar-refractivity contribution in [2.75, 3.05) is 26.7 Å². The summed E-state index contributed by atoms with van der Waals surface area (Å²) < 4.78 is 5.30. The molecule has 1 amide bonds. The Labute approximate surface area is 183 Å². The quantitative estimate of drug-likeness (QED) is 0.717. The van der Waals surface area contributed by atoms with Gasteiger partial charge in [0.25, 0.3) is 0 Å². The van der Waals surface area contributed by atoms with Gasteiger partial charge in [-0.15, -0.1) is 0 Å². The number of likely N-dealkylation sites (tertiary alicyclic amines) is 1. The van der Waals surface area contributed by atoms with Gasteiger partial charge in [-0.2, -0.15) is 0 Å². The summed E-state index contributed by atoms with van der Waals surface area (Å²) in [5, 5.41) is 13.2. The molecule has 4 rings (SSSR count). The number of rotatable bonds is 7. The molecule has 2 aromatic carbocycles. The highest BCUT2D eigenvalue weighted by molar-refractivity contribution is 5.86. The van der Waals surface area contributed by atoms with Crippen LogP contribution in [-0.4, -0.2) is 48.6 Å². The van der Waals surface area contributed by atoms with Crippen LogP contribution in [0.25, 0.3) is 0 Å². The van der Waals surface area contributed by atoms with Gasteiger partial charge in [0.05, 0.1) is 18.1 Å². The Balaban J connectivity index is 1.46. The topological polar surface area (TPSA) is 78.9 Å². The molecule has 164 valence electrons. The molecule has 2 unspecified atom stereocenters. The number of carbonyl (C=O) groups is 2. The van der Waals surface area contributed by atoms with E-state index < -0.39 is 11.4 Å². The minimum absolute atomic E-state index is 0.0255. The number of carboxylic acid groups (broad SMARTS) is 1. The maximum absolute atomic E-state index is 12.2. The Morgan fingerprint density at radius 1 is 1.10 bits per heavy atom. The summed E-state index contributed by atoms with van der Waals surface area (Å²) in [7, 11) is 1.60. The standard InChI is InChI=1S/C25H30N2O4/c1-18(28)26-24(19-7-4-3-5-8-19)11-13-27(14-12-24)17-21-16-25(21,23(29)30)20-9-6-10-22(15-20)31-2/h3-10,15,21H,11-14,16-17H2,1-2H3,(H,26,28)(H,29,30). The van der Waals surface area contributed by atoms with Crippen molar-refractivity contribution in [3.8, 4) is 5.75 Å². The molecule has 1 saturated heterocycles. The molecule has 2 aromatic rings. The van der Waals surface area contributed by atoms with Gasteiger partial charge in [-0.3, -0.25) is 9.59 Å². The lowest BCUT2D eigenvalue weighted by Gasteiger charge is -2.43. The van der Waals surface area contributed by atoms with E-state index in [0.717, 1.165) is 43.6 Å². The summed E-state index contributed by atoms with van der Waals surface area (Å²) in [6.07, 6.45) is 2.26. The number of nitrogens with zero attached hydrogens (tertiary/aromatic N) is 1. The molecule has 2 atom stereocenters. The van der Waals surface area contributed by atoms with Crippen molar-refractivity contribution in [1.29, 1.82) is 0 Å². The average Bonchev–Trinajstić information content (AvgIpc) is 3.51. The van der Waals surface area contributed by atoms with E-state index in [9.17, 15) is 14.7 Å². The highest BCUT2D eigenvalue weighted by Crippen LogP contribution is 2.55. The van der Waals surface area contributed by atoms with Gasteiger partial charge in [0.1, 0.15) is 5.75 Å². The molecule has 1 saturated carbocycles. The fraction of sp³-hybridized carbons (Fsp3) is 0.440. The summed E-state index contributed by atoms with van der Waals surface area (Å²) in [4.78, 5) is 26.5. The van der Waals surface area contributed by atoms with Gasteiger partial charge in [-0.1, -0.05) is 42.5 Å². The molecule has 1 heterocycles. The number of carboxylic acids is 1. The normalized spacial score (nSPS) is 24.9. The number of aliphatic carboxylic acids is 1. The Morgan fingerprint density at radius 2 is 1.77 bits per heavy atom. The van der Waals surface area contributed by atoms with Crippen LogP contribution in [0.15, 0.2) is 54.6 Å². The fourth-order valence-corrected chi connectivity index (χ4v) is 5.20. The first-order valence-electron chi connectivity index (χ1n) is 10.8. The molecule has 31 heavy (non-hydrogen) atoms. The highest BCUT2D eigenvalue weighted by atomic mass is 16.5. The number of hydrogen-bond donors (Lipinski definition) is 2. The van der Waals surface area contributed by atoms with Crippen LogP contribution in [0.4, 0.5) is 0 Å². The van der Waals surface area contributed by atoms with Crippen LogP contribution in [0.2, 0.25) is 0 Å². The molecule has 0 radical (unpaired) electrons. The molecule has 1 aliphatic heterocycles. The number of hydrogen-bond acceptors (Lipinski definition) is 4. The molecule has 0 spiro atoms. The Kier molecular flexibility index (Phi) is 5.75. The SMILES string of the molecule is COc1cccc(C2(C(=O)O)CC2CN2CCC(NC(C)=O)(c3ccccc3)CC2)c1. The lowest BCUT2D eigenvalue weighted by molar-refractivity contribution is -0.140. The first-order valence-corrected chi connectivity index (χ1v) is 10.8. The third-order valence-corrected chi connectivity index (χ3v) is 7.00. The van der Waals surface area contributed by atoms with Crippen LogP contribution in [-0.2, 0) is 20.5 Å². The molecule has 6 heteroatoms. The zero-order valence-corrected chi connectivity index (χ0v) is 18.1. The van der Waals surface area contributed by atoms with E-state index in [4.69, 9.17) is 4.74 Å². The smallest absolute Gasteiger partial charge is 0.314 e. The molecule has 2 fully saturated rings. The van der Waals surface area contributed by atoms with Gasteiger partial charge in [0.15, 0.2) is 0 Å². The predicted octanol–water partition coefficient (Wildman–Crippen LogP) is 3.16. The summed E-state index contributed by atoms with van der Waals surface area (Å²) in [5.41, 5.74) is 0.759. The van der Waals surface area contributed by atoms with E-state index in [1.54, 1.807) is 14.0 Å². The molecule has 6 nitrogen and oxygen atoms in total. The molecule has 1 aliphatic carbocycles. The van der Waals surface area contributed by atoms with E-state index in [0.29, 0.717) is 12.2 Å². The Bertz CT molecular complexity index is 953. The zero-order chi connectivity index (χ0) is 22.1. The third-order valence-electron chi connectivity index (χ3n) is 7.00. The fourth-order valence-electron chi connectivity index (χ4n) is 5.20. The molecule has 0 aromatic heterocycles. The second-order valence-corrected chi connectivity index (χ2v) is 8.84. The lowest BCUT2D eigenvalue weighted by atomic mass is 9.80. The Hall–Kier alpha value is -2.86. The summed E-state index contributed by atoms with van der Waals surface area (Å²) >= 11 is 0. The van der Waals surface area contributed by atoms with Crippen molar-refractivity contribution in [2.24, 2.45) is 5.92 Å². The van der Waals surface area contributed by atoms with Gasteiger partial charge in [0, 0.05) is 26.6 Å². The second-order valence-electron chi connectivity index (χ2n) is 8.84. The van der Waals surface area contributed by atoms with Crippen molar-refractivity contribution in [2.45, 2.75) is 37.1 Å². The number of nitrogens with one attached hydrogen (secondary N) is 1. The maximum atomic E-state index is 12.2. The minimum Gasteiger partial charge on any atom is -0.497 e. The van der Waals surface area contributed by atoms with Crippen LogP contribution < -0.4 is 10.1 Å². The molecule has 0 bridgehead atoms. The van der Waals surface area contributed by atoms with Crippen molar-refractivity contribution in [3.05, 3.63) is 65.7 Å². The first kappa shape index (κ1) is 21.4. The zero-order valence-electron chi connectivity index (χ0n) is 18.1. The van der Waals surface area contributed by atoms with Crippen LogP contribution >= 0.6 is 0 Å². The molecular weight excluding hydrogens is 392 g/mol. The number of carbonyl (C=O) groups excluding carboxylic acids is 1. The van der Waals surface area contributed by atoms with Crippen molar-refractivity contribution < 1.29 is 19.4 Å². The monoisotopic (exact) mass is 422 g/mol. The number of amides is 1. The number of piperidine rings is 1. The van der Waals surface area contributed by atoms with Gasteiger partial charge in [-0.05, 0) is 48.4 Å². The molecular formula is C25H30N2O4. The molecule has 2 N–H and O–H groups in total. The van der Waals surface area contributed by atoms with Crippen LogP contribution in [0, 0.1) is 5.92 Å². The Morgan fingerprint density at radius 3 is 2.39 bits per heavy atom. The van der Waals surface area contributed by atoms with E-state index in [2.05, 4.69) is 22.3 Å². The van der Waals surface area contributed by atoms with E-state index in [-0.39, 0.29) is 17.4 Å². The lowest BCUT2D eigenvalue weighted by Crippen LogP contribution is -2.53. The largest absolute Gasteiger partial charge is 0.497 e. The summed E-state index contributed by atoms with van der Waals surface area (Å²) in [6.45, 7) is 3.95. The van der Waals surface area contributed by atoms with E-state index in [1.165, 1.54) is 0 Å². The number of ether oxygens (including phenoxy) is 1. The number of benzene rings is 2. The van der Waals surface area contributed by atoms with E-state index >= 15 is 0 Å². The average molecular weight is 423 g/mol. The third kappa shape index (κ3) is 4.04. The van der Waals surface area contributed by atoms with Gasteiger partial charge < -0.3 is 20.1 Å². The van der Waals surface area contributed by atoms with Gasteiger partial charge >= 0.3 is 5.97 Å². The van der Waals surface area contributed by atoms with Crippen molar-refractivity contribution in [1.82, 2.24) is 10.2 Å². The minimum atomic E-state index is -0.833. The molecule has 2 aliphatic rings. The predicted molar refractivity (Wildman–Crippen MR) is 118 cm³/mol. The van der Waals surface area contributed by atoms with Crippen LogP contribution in [0.1, 0.15) is 37.3 Å². The summed E-state index contributed by atoms with van der Waals surface area (Å²) in [5.74, 6) is -0.0335. The second kappa shape index (κ2) is 8.35. The number of methoxy groups -OCH3 is 1. The van der Waals surface area contributed by atoms with Crippen LogP contribution in [0.3, 0.4) is 0 Å². The highest BCUT2D eigenvalue weighted by Gasteiger charge is 2.62.